The summed E-state index contributed by atoms with van der Waals surface area (Å²) in [5.74, 6) is 1.42. The standard InChI is InChI=1S/C22H22Cl2N6O/c23-17-6-7-19(18(24)14-17)27-22(31)30-12-10-29(11-13-30)21-25-9-8-20(28-21)26-15-16-4-2-1-3-5-16/h1-9,14H,10-13,15H2,(H,27,31)(H,25,26,28). The number of nitrogens with one attached hydrogen (secondary N) is 2. The molecular formula is C22H22Cl2N6O. The van der Waals surface area contributed by atoms with Crippen LogP contribution in [0.3, 0.4) is 0 Å². The second-order valence-corrected chi connectivity index (χ2v) is 7.95. The van der Waals surface area contributed by atoms with Gasteiger partial charge >= 0.3 is 6.03 Å². The Bertz CT molecular complexity index is 1040. The third kappa shape index (κ3) is 5.57. The molecule has 4 rings (SSSR count). The minimum absolute atomic E-state index is 0.192. The van der Waals surface area contributed by atoms with E-state index in [9.17, 15) is 4.79 Å². The van der Waals surface area contributed by atoms with E-state index in [4.69, 9.17) is 23.2 Å². The normalized spacial score (nSPS) is 13.7. The molecule has 1 aliphatic rings. The first kappa shape index (κ1) is 21.2. The van der Waals surface area contributed by atoms with E-state index in [1.165, 1.54) is 5.56 Å². The highest BCUT2D eigenvalue weighted by molar-refractivity contribution is 6.36. The number of benzene rings is 2. The van der Waals surface area contributed by atoms with Gasteiger partial charge in [0.1, 0.15) is 5.82 Å². The Kier molecular flexibility index (Phi) is 6.74. The number of piperazine rings is 1. The van der Waals surface area contributed by atoms with Crippen LogP contribution >= 0.6 is 23.2 Å². The van der Waals surface area contributed by atoms with Gasteiger partial charge in [-0.1, -0.05) is 53.5 Å². The first-order valence-corrected chi connectivity index (χ1v) is 10.7. The van der Waals surface area contributed by atoms with Crippen molar-refractivity contribution in [1.29, 1.82) is 0 Å². The van der Waals surface area contributed by atoms with Crippen molar-refractivity contribution in [2.24, 2.45) is 0 Å². The number of urea groups is 1. The third-order valence-electron chi connectivity index (χ3n) is 4.98. The van der Waals surface area contributed by atoms with Crippen molar-refractivity contribution in [2.45, 2.75) is 6.54 Å². The number of aromatic nitrogens is 2. The lowest BCUT2D eigenvalue weighted by molar-refractivity contribution is 0.208. The Hall–Kier alpha value is -3.03. The van der Waals surface area contributed by atoms with Crippen molar-refractivity contribution in [3.63, 3.8) is 0 Å². The molecule has 9 heteroatoms. The summed E-state index contributed by atoms with van der Waals surface area (Å²) in [6, 6.07) is 16.8. The van der Waals surface area contributed by atoms with Gasteiger partial charge < -0.3 is 20.4 Å². The summed E-state index contributed by atoms with van der Waals surface area (Å²) >= 11 is 12.1. The fourth-order valence-corrected chi connectivity index (χ4v) is 3.74. The number of carbonyl (C=O) groups excluding carboxylic acids is 1. The van der Waals surface area contributed by atoms with Gasteiger partial charge in [0.05, 0.1) is 10.7 Å². The minimum atomic E-state index is -0.192. The Morgan fingerprint density at radius 2 is 1.77 bits per heavy atom. The Labute approximate surface area is 191 Å². The number of amides is 2. The van der Waals surface area contributed by atoms with E-state index in [1.807, 2.05) is 24.3 Å². The van der Waals surface area contributed by atoms with E-state index >= 15 is 0 Å². The molecule has 1 aliphatic heterocycles. The average Bonchev–Trinajstić information content (AvgIpc) is 2.80. The van der Waals surface area contributed by atoms with E-state index in [-0.39, 0.29) is 6.03 Å². The highest BCUT2D eigenvalue weighted by Crippen LogP contribution is 2.25. The van der Waals surface area contributed by atoms with Gasteiger partial charge in [0.2, 0.25) is 5.95 Å². The maximum Gasteiger partial charge on any atom is 0.322 e. The van der Waals surface area contributed by atoms with E-state index in [1.54, 1.807) is 29.3 Å². The molecule has 0 unspecified atom stereocenters. The molecule has 0 atom stereocenters. The zero-order chi connectivity index (χ0) is 21.6. The Morgan fingerprint density at radius 3 is 2.52 bits per heavy atom. The number of halogens is 2. The van der Waals surface area contributed by atoms with Crippen LogP contribution in [0.2, 0.25) is 10.0 Å². The largest absolute Gasteiger partial charge is 0.366 e. The fourth-order valence-electron chi connectivity index (χ4n) is 3.28. The van der Waals surface area contributed by atoms with E-state index in [0.717, 1.165) is 5.82 Å². The summed E-state index contributed by atoms with van der Waals surface area (Å²) in [6.07, 6.45) is 1.75. The molecule has 0 spiro atoms. The summed E-state index contributed by atoms with van der Waals surface area (Å²) in [5, 5.41) is 7.10. The van der Waals surface area contributed by atoms with E-state index < -0.39 is 0 Å². The van der Waals surface area contributed by atoms with Crippen LogP contribution in [-0.2, 0) is 6.54 Å². The van der Waals surface area contributed by atoms with Crippen LogP contribution in [-0.4, -0.2) is 47.1 Å². The van der Waals surface area contributed by atoms with Gasteiger partial charge in [-0.3, -0.25) is 0 Å². The molecule has 2 heterocycles. The molecule has 0 aliphatic carbocycles. The van der Waals surface area contributed by atoms with Crippen molar-refractivity contribution in [3.8, 4) is 0 Å². The number of nitrogens with zero attached hydrogens (tertiary/aromatic N) is 4. The smallest absolute Gasteiger partial charge is 0.322 e. The molecule has 31 heavy (non-hydrogen) atoms. The quantitative estimate of drug-likeness (QED) is 0.579. The lowest BCUT2D eigenvalue weighted by Gasteiger charge is -2.34. The zero-order valence-electron chi connectivity index (χ0n) is 16.8. The molecule has 7 nitrogen and oxygen atoms in total. The van der Waals surface area contributed by atoms with Crippen LogP contribution in [0.25, 0.3) is 0 Å². The summed E-state index contributed by atoms with van der Waals surface area (Å²) < 4.78 is 0. The van der Waals surface area contributed by atoms with Crippen LogP contribution in [0.15, 0.2) is 60.8 Å². The predicted octanol–water partition coefficient (Wildman–Crippen LogP) is 4.75. The van der Waals surface area contributed by atoms with Crippen molar-refractivity contribution in [2.75, 3.05) is 41.7 Å². The van der Waals surface area contributed by atoms with Gasteiger partial charge in [0.15, 0.2) is 0 Å². The second-order valence-electron chi connectivity index (χ2n) is 7.11. The number of anilines is 3. The SMILES string of the molecule is O=C(Nc1ccc(Cl)cc1Cl)N1CCN(c2nccc(NCc3ccccc3)n2)CC1. The minimum Gasteiger partial charge on any atom is -0.366 e. The summed E-state index contributed by atoms with van der Waals surface area (Å²) in [5.41, 5.74) is 1.72. The van der Waals surface area contributed by atoms with Crippen molar-refractivity contribution >= 4 is 46.7 Å². The average molecular weight is 457 g/mol. The van der Waals surface area contributed by atoms with Crippen LogP contribution in [0.4, 0.5) is 22.2 Å². The van der Waals surface area contributed by atoms with Gasteiger partial charge in [-0.25, -0.2) is 9.78 Å². The molecule has 2 N–H and O–H groups in total. The maximum absolute atomic E-state index is 12.6. The number of hydrogen-bond donors (Lipinski definition) is 2. The molecule has 2 amide bonds. The molecule has 1 saturated heterocycles. The number of carbonyl (C=O) groups is 1. The maximum atomic E-state index is 12.6. The summed E-state index contributed by atoms with van der Waals surface area (Å²) in [6.45, 7) is 3.09. The highest BCUT2D eigenvalue weighted by atomic mass is 35.5. The Morgan fingerprint density at radius 1 is 1.00 bits per heavy atom. The first-order valence-electron chi connectivity index (χ1n) is 9.95. The predicted molar refractivity (Wildman–Crippen MR) is 125 cm³/mol. The highest BCUT2D eigenvalue weighted by Gasteiger charge is 2.23. The molecule has 0 radical (unpaired) electrons. The van der Waals surface area contributed by atoms with Crippen LogP contribution in [0.1, 0.15) is 5.56 Å². The van der Waals surface area contributed by atoms with Gasteiger partial charge in [0, 0.05) is 43.9 Å². The second kappa shape index (κ2) is 9.85. The summed E-state index contributed by atoms with van der Waals surface area (Å²) in [4.78, 5) is 25.4. The van der Waals surface area contributed by atoms with Gasteiger partial charge in [-0.2, -0.15) is 4.98 Å². The fraction of sp³-hybridized carbons (Fsp3) is 0.227. The monoisotopic (exact) mass is 456 g/mol. The molecule has 160 valence electrons. The first-order chi connectivity index (χ1) is 15.1. The van der Waals surface area contributed by atoms with Gasteiger partial charge in [-0.05, 0) is 29.8 Å². The topological polar surface area (TPSA) is 73.4 Å². The van der Waals surface area contributed by atoms with Crippen LogP contribution in [0, 0.1) is 0 Å². The molecule has 2 aromatic carbocycles. The van der Waals surface area contributed by atoms with Gasteiger partial charge in [0.25, 0.3) is 0 Å². The molecule has 3 aromatic rings. The lowest BCUT2D eigenvalue weighted by Crippen LogP contribution is -2.50. The van der Waals surface area contributed by atoms with E-state index in [2.05, 4.69) is 37.6 Å². The summed E-state index contributed by atoms with van der Waals surface area (Å²) in [7, 11) is 0. The molecule has 1 aromatic heterocycles. The van der Waals surface area contributed by atoms with Crippen LogP contribution in [0.5, 0.6) is 0 Å². The lowest BCUT2D eigenvalue weighted by atomic mass is 10.2. The van der Waals surface area contributed by atoms with Crippen molar-refractivity contribution < 1.29 is 4.79 Å². The molecule has 0 saturated carbocycles. The van der Waals surface area contributed by atoms with Gasteiger partial charge in [-0.15, -0.1) is 0 Å². The molecule has 0 bridgehead atoms. The van der Waals surface area contributed by atoms with Crippen molar-refractivity contribution in [3.05, 3.63) is 76.4 Å². The van der Waals surface area contributed by atoms with E-state index in [0.29, 0.717) is 54.4 Å². The van der Waals surface area contributed by atoms with Crippen LogP contribution < -0.4 is 15.5 Å². The number of hydrogen-bond acceptors (Lipinski definition) is 5. The number of rotatable bonds is 5. The third-order valence-corrected chi connectivity index (χ3v) is 5.53. The molecule has 1 fully saturated rings. The Balaban J connectivity index is 1.31. The zero-order valence-corrected chi connectivity index (χ0v) is 18.3. The van der Waals surface area contributed by atoms with Crippen molar-refractivity contribution in [1.82, 2.24) is 14.9 Å². The molecular weight excluding hydrogens is 435 g/mol.